The molecule has 2 unspecified atom stereocenters. The highest BCUT2D eigenvalue weighted by molar-refractivity contribution is 5.87. The highest BCUT2D eigenvalue weighted by Crippen LogP contribution is 2.57. The smallest absolute Gasteiger partial charge is 0.396 e. The number of rotatable bonds is 8. The molecule has 2 aromatic rings. The second-order valence-corrected chi connectivity index (χ2v) is 10.7. The van der Waals surface area contributed by atoms with Gasteiger partial charge in [0.15, 0.2) is 0 Å². The largest absolute Gasteiger partial charge is 0.416 e. The molecule has 2 fully saturated rings. The standard InChI is InChI=1S/C29H36F3N3O5/c1-19-6-3-4-9-22(19)28(23(18-38)20-7-5-8-21(16-20)29(30,31)32)24-17-27(10-14-36,11-15-37)25(39)34(24)12-13-35(28)26(40)33-2/h3-9,16,23-24,36-38H,10-15,17-18H2,1-2H3,(H,33,40)/t23-,24?,28?/m0/s1. The van der Waals surface area contributed by atoms with Crippen molar-refractivity contribution in [1.82, 2.24) is 15.1 Å². The number of nitrogens with one attached hydrogen (secondary N) is 1. The summed E-state index contributed by atoms with van der Waals surface area (Å²) in [5, 5.41) is 33.5. The Hall–Kier alpha value is -3.15. The predicted molar refractivity (Wildman–Crippen MR) is 141 cm³/mol. The average Bonchev–Trinajstić information content (AvgIpc) is 3.20. The highest BCUT2D eigenvalue weighted by atomic mass is 19.4. The molecule has 2 aliphatic heterocycles. The van der Waals surface area contributed by atoms with E-state index >= 15 is 0 Å². The average molecular weight is 564 g/mol. The van der Waals surface area contributed by atoms with Gasteiger partial charge in [0.25, 0.3) is 0 Å². The first-order valence-electron chi connectivity index (χ1n) is 13.4. The first kappa shape index (κ1) is 29.8. The first-order chi connectivity index (χ1) is 19.0. The number of piperazine rings is 1. The van der Waals surface area contributed by atoms with Gasteiger partial charge in [-0.1, -0.05) is 42.5 Å². The van der Waals surface area contributed by atoms with Gasteiger partial charge in [-0.25, -0.2) is 4.79 Å². The number of aliphatic hydroxyl groups is 3. The van der Waals surface area contributed by atoms with Gasteiger partial charge in [-0.15, -0.1) is 0 Å². The predicted octanol–water partition coefficient (Wildman–Crippen LogP) is 2.99. The van der Waals surface area contributed by atoms with Crippen LogP contribution in [-0.4, -0.2) is 83.1 Å². The number of carbonyl (C=O) groups is 2. The summed E-state index contributed by atoms with van der Waals surface area (Å²) in [6, 6.07) is 10.6. The lowest BCUT2D eigenvalue weighted by Gasteiger charge is -2.58. The van der Waals surface area contributed by atoms with Crippen LogP contribution in [0.3, 0.4) is 0 Å². The van der Waals surface area contributed by atoms with E-state index in [1.165, 1.54) is 19.2 Å². The molecule has 3 atom stereocenters. The summed E-state index contributed by atoms with van der Waals surface area (Å²) in [6.07, 6.45) is -4.34. The van der Waals surface area contributed by atoms with E-state index < -0.39 is 47.3 Å². The summed E-state index contributed by atoms with van der Waals surface area (Å²) in [7, 11) is 1.46. The second kappa shape index (κ2) is 11.4. The van der Waals surface area contributed by atoms with Gasteiger partial charge in [0, 0.05) is 39.3 Å². The molecule has 4 rings (SSSR count). The van der Waals surface area contributed by atoms with E-state index in [0.29, 0.717) is 5.56 Å². The molecule has 3 amide bonds. The summed E-state index contributed by atoms with van der Waals surface area (Å²) in [6.45, 7) is 0.808. The third kappa shape index (κ3) is 4.73. The fourth-order valence-electron chi connectivity index (χ4n) is 7.00. The van der Waals surface area contributed by atoms with Crippen LogP contribution in [0.1, 0.15) is 47.4 Å². The van der Waals surface area contributed by atoms with E-state index in [-0.39, 0.29) is 57.0 Å². The molecule has 0 spiro atoms. The molecule has 0 aromatic heterocycles. The van der Waals surface area contributed by atoms with Crippen molar-refractivity contribution < 1.29 is 38.1 Å². The Bertz CT molecular complexity index is 1230. The zero-order chi connectivity index (χ0) is 29.3. The van der Waals surface area contributed by atoms with E-state index in [1.807, 2.05) is 13.0 Å². The molecule has 0 aliphatic carbocycles. The van der Waals surface area contributed by atoms with Gasteiger partial charge >= 0.3 is 12.2 Å². The lowest BCUT2D eigenvalue weighted by Crippen LogP contribution is -2.70. The molecular formula is C29H36F3N3O5. The molecule has 4 N–H and O–H groups in total. The van der Waals surface area contributed by atoms with Crippen LogP contribution in [0, 0.1) is 12.3 Å². The van der Waals surface area contributed by atoms with Crippen LogP contribution in [-0.2, 0) is 16.5 Å². The van der Waals surface area contributed by atoms with Crippen LogP contribution in [0.5, 0.6) is 0 Å². The van der Waals surface area contributed by atoms with E-state index in [2.05, 4.69) is 5.32 Å². The lowest BCUT2D eigenvalue weighted by molar-refractivity contribution is -0.143. The minimum Gasteiger partial charge on any atom is -0.396 e. The molecule has 11 heteroatoms. The Morgan fingerprint density at radius 1 is 1.07 bits per heavy atom. The van der Waals surface area contributed by atoms with Crippen molar-refractivity contribution >= 4 is 11.9 Å². The van der Waals surface area contributed by atoms with E-state index in [0.717, 1.165) is 17.7 Å². The maximum absolute atomic E-state index is 14.0. The summed E-state index contributed by atoms with van der Waals surface area (Å²) in [5.41, 5.74) is -2.00. The quantitative estimate of drug-likeness (QED) is 0.395. The molecule has 2 aliphatic rings. The molecule has 0 bridgehead atoms. The third-order valence-corrected chi connectivity index (χ3v) is 8.74. The normalized spacial score (nSPS) is 23.2. The van der Waals surface area contributed by atoms with Gasteiger partial charge in [-0.3, -0.25) is 4.79 Å². The fraction of sp³-hybridized carbons (Fsp3) is 0.517. The number of halogens is 3. The Morgan fingerprint density at radius 3 is 2.33 bits per heavy atom. The van der Waals surface area contributed by atoms with Crippen molar-refractivity contribution in [1.29, 1.82) is 0 Å². The van der Waals surface area contributed by atoms with Crippen molar-refractivity contribution in [3.05, 3.63) is 70.8 Å². The number of carbonyl (C=O) groups excluding carboxylic acids is 2. The van der Waals surface area contributed by atoms with Crippen molar-refractivity contribution in [2.75, 3.05) is 40.0 Å². The van der Waals surface area contributed by atoms with E-state index in [1.54, 1.807) is 28.0 Å². The van der Waals surface area contributed by atoms with Crippen molar-refractivity contribution in [3.63, 3.8) is 0 Å². The van der Waals surface area contributed by atoms with E-state index in [9.17, 15) is 38.1 Å². The van der Waals surface area contributed by atoms with Crippen molar-refractivity contribution in [2.45, 2.75) is 49.9 Å². The summed E-state index contributed by atoms with van der Waals surface area (Å²) in [5.74, 6) is -1.34. The Labute approximate surface area is 231 Å². The molecular weight excluding hydrogens is 527 g/mol. The number of fused-ring (bicyclic) bond motifs is 1. The molecule has 218 valence electrons. The zero-order valence-corrected chi connectivity index (χ0v) is 22.6. The first-order valence-corrected chi connectivity index (χ1v) is 13.4. The number of urea groups is 1. The molecule has 8 nitrogen and oxygen atoms in total. The molecule has 2 heterocycles. The monoisotopic (exact) mass is 563 g/mol. The van der Waals surface area contributed by atoms with Crippen LogP contribution in [0.25, 0.3) is 0 Å². The number of aliphatic hydroxyl groups excluding tert-OH is 3. The molecule has 40 heavy (non-hydrogen) atoms. The van der Waals surface area contributed by atoms with Gasteiger partial charge < -0.3 is 30.4 Å². The number of alkyl halides is 3. The van der Waals surface area contributed by atoms with Crippen LogP contribution < -0.4 is 5.32 Å². The highest BCUT2D eigenvalue weighted by Gasteiger charge is 2.65. The number of nitrogens with zero attached hydrogens (tertiary/aromatic N) is 2. The Balaban J connectivity index is 2.07. The summed E-state index contributed by atoms with van der Waals surface area (Å²) >= 11 is 0. The minimum absolute atomic E-state index is 0.0556. The van der Waals surface area contributed by atoms with Crippen LogP contribution in [0.15, 0.2) is 48.5 Å². The van der Waals surface area contributed by atoms with Crippen molar-refractivity contribution in [2.24, 2.45) is 5.41 Å². The Kier molecular flexibility index (Phi) is 8.49. The number of hydrogen-bond acceptors (Lipinski definition) is 5. The Morgan fingerprint density at radius 2 is 1.75 bits per heavy atom. The van der Waals surface area contributed by atoms with E-state index in [4.69, 9.17) is 0 Å². The fourth-order valence-corrected chi connectivity index (χ4v) is 7.00. The lowest BCUT2D eigenvalue weighted by atomic mass is 9.64. The van der Waals surface area contributed by atoms with Gasteiger partial charge in [0.2, 0.25) is 5.91 Å². The third-order valence-electron chi connectivity index (χ3n) is 8.74. The number of hydrogen-bond donors (Lipinski definition) is 4. The topological polar surface area (TPSA) is 113 Å². The number of amides is 3. The van der Waals surface area contributed by atoms with Crippen LogP contribution in [0.2, 0.25) is 0 Å². The summed E-state index contributed by atoms with van der Waals surface area (Å²) < 4.78 is 41.5. The van der Waals surface area contributed by atoms with Crippen LogP contribution >= 0.6 is 0 Å². The van der Waals surface area contributed by atoms with Crippen molar-refractivity contribution in [3.8, 4) is 0 Å². The molecule has 0 radical (unpaired) electrons. The SMILES string of the molecule is CNC(=O)N1CCN2C(=O)C(CCO)(CCO)CC2C1(c1ccccc1C)[C@@H](CO)c1cccc(C(F)(F)F)c1. The maximum atomic E-state index is 14.0. The summed E-state index contributed by atoms with van der Waals surface area (Å²) in [4.78, 5) is 30.8. The van der Waals surface area contributed by atoms with Gasteiger partial charge in [-0.05, 0) is 48.9 Å². The molecule has 2 saturated heterocycles. The van der Waals surface area contributed by atoms with Gasteiger partial charge in [-0.2, -0.15) is 13.2 Å². The van der Waals surface area contributed by atoms with Crippen LogP contribution in [0.4, 0.5) is 18.0 Å². The maximum Gasteiger partial charge on any atom is 0.416 e. The van der Waals surface area contributed by atoms with Gasteiger partial charge in [0.1, 0.15) is 0 Å². The van der Waals surface area contributed by atoms with Gasteiger partial charge in [0.05, 0.1) is 29.2 Å². The second-order valence-electron chi connectivity index (χ2n) is 10.7. The number of benzene rings is 2. The zero-order valence-electron chi connectivity index (χ0n) is 22.6. The molecule has 2 aromatic carbocycles. The number of aryl methyl sites for hydroxylation is 1. The minimum atomic E-state index is -4.63. The molecule has 0 saturated carbocycles.